The van der Waals surface area contributed by atoms with Gasteiger partial charge in [0.1, 0.15) is 0 Å². The molecule has 212 valence electrons. The Morgan fingerprint density at radius 1 is 0.905 bits per heavy atom. The van der Waals surface area contributed by atoms with Gasteiger partial charge in [-0.2, -0.15) is 0 Å². The first-order valence-electron chi connectivity index (χ1n) is 14.1. The SMILES string of the molecule is CCOC(=O)N1c2ccccc2C2=C[C@H](c3ccccc3)/C(=C\N(c3ccccc3)S(=O)(=O)c3ccc(C)cc3)C[C@@H]21. The van der Waals surface area contributed by atoms with E-state index in [0.29, 0.717) is 12.1 Å². The number of hydrogen-bond acceptors (Lipinski definition) is 4. The van der Waals surface area contributed by atoms with Gasteiger partial charge < -0.3 is 4.74 Å². The molecule has 0 fully saturated rings. The predicted molar refractivity (Wildman–Crippen MR) is 167 cm³/mol. The van der Waals surface area contributed by atoms with Crippen LogP contribution in [0.3, 0.4) is 0 Å². The minimum Gasteiger partial charge on any atom is -0.449 e. The summed E-state index contributed by atoms with van der Waals surface area (Å²) < 4.78 is 35.3. The number of aryl methyl sites for hydroxylation is 1. The number of hydrogen-bond donors (Lipinski definition) is 0. The molecule has 0 aromatic heterocycles. The van der Waals surface area contributed by atoms with E-state index in [-0.39, 0.29) is 23.5 Å². The fourth-order valence-corrected chi connectivity index (χ4v) is 7.19. The smallest absolute Gasteiger partial charge is 0.414 e. The van der Waals surface area contributed by atoms with E-state index in [1.54, 1.807) is 54.4 Å². The van der Waals surface area contributed by atoms with Crippen LogP contribution >= 0.6 is 0 Å². The van der Waals surface area contributed by atoms with Crippen molar-refractivity contribution in [1.82, 2.24) is 0 Å². The number of sulfonamides is 1. The number of benzene rings is 4. The molecule has 0 saturated heterocycles. The second kappa shape index (κ2) is 11.3. The molecule has 0 N–H and O–H groups in total. The summed E-state index contributed by atoms with van der Waals surface area (Å²) in [5, 5.41) is 0. The number of nitrogens with zero attached hydrogens (tertiary/aromatic N) is 2. The number of rotatable bonds is 6. The lowest BCUT2D eigenvalue weighted by atomic mass is 9.78. The van der Waals surface area contributed by atoms with Crippen LogP contribution in [0.2, 0.25) is 0 Å². The van der Waals surface area contributed by atoms with E-state index in [1.165, 1.54) is 4.31 Å². The van der Waals surface area contributed by atoms with Crippen LogP contribution < -0.4 is 9.21 Å². The number of amides is 1. The number of carbonyl (C=O) groups is 1. The van der Waals surface area contributed by atoms with Gasteiger partial charge >= 0.3 is 6.09 Å². The Balaban J connectivity index is 1.54. The van der Waals surface area contributed by atoms with Crippen molar-refractivity contribution in [3.63, 3.8) is 0 Å². The van der Waals surface area contributed by atoms with Crippen LogP contribution in [0.25, 0.3) is 5.57 Å². The van der Waals surface area contributed by atoms with Gasteiger partial charge in [-0.1, -0.05) is 90.5 Å². The van der Waals surface area contributed by atoms with Gasteiger partial charge in [0, 0.05) is 17.7 Å². The molecule has 2 aliphatic rings. The van der Waals surface area contributed by atoms with Crippen molar-refractivity contribution in [2.24, 2.45) is 0 Å². The maximum absolute atomic E-state index is 14.2. The summed E-state index contributed by atoms with van der Waals surface area (Å²) >= 11 is 0. The molecule has 1 heterocycles. The average Bonchev–Trinajstić information content (AvgIpc) is 3.34. The normalized spacial score (nSPS) is 18.7. The minimum atomic E-state index is -3.96. The van der Waals surface area contributed by atoms with Gasteiger partial charge in [0.05, 0.1) is 28.9 Å². The Bertz CT molecular complexity index is 1760. The molecule has 42 heavy (non-hydrogen) atoms. The van der Waals surface area contributed by atoms with Crippen LogP contribution in [0.5, 0.6) is 0 Å². The lowest BCUT2D eigenvalue weighted by molar-refractivity contribution is 0.158. The average molecular weight is 577 g/mol. The maximum atomic E-state index is 14.2. The van der Waals surface area contributed by atoms with E-state index in [9.17, 15) is 13.2 Å². The lowest BCUT2D eigenvalue weighted by Crippen LogP contribution is -2.40. The summed E-state index contributed by atoms with van der Waals surface area (Å²) in [5.74, 6) is -0.202. The van der Waals surface area contributed by atoms with Gasteiger partial charge in [0.25, 0.3) is 10.0 Å². The van der Waals surface area contributed by atoms with Gasteiger partial charge in [-0.3, -0.25) is 4.90 Å². The molecule has 1 aliphatic carbocycles. The molecular formula is C35H32N2O4S. The van der Waals surface area contributed by atoms with Crippen molar-refractivity contribution in [1.29, 1.82) is 0 Å². The molecular weight excluding hydrogens is 544 g/mol. The fraction of sp³-hybridized carbons (Fsp3) is 0.171. The summed E-state index contributed by atoms with van der Waals surface area (Å²) in [6, 6.07) is 33.6. The van der Waals surface area contributed by atoms with Crippen molar-refractivity contribution in [3.05, 3.63) is 144 Å². The first-order chi connectivity index (χ1) is 20.4. The third-order valence-corrected chi connectivity index (χ3v) is 9.52. The van der Waals surface area contributed by atoms with Crippen LogP contribution in [0.4, 0.5) is 16.2 Å². The topological polar surface area (TPSA) is 66.9 Å². The molecule has 6 nitrogen and oxygen atoms in total. The number of anilines is 2. The molecule has 4 aromatic carbocycles. The molecule has 7 heteroatoms. The molecule has 1 amide bonds. The molecule has 4 aromatic rings. The number of carbonyl (C=O) groups excluding carboxylic acids is 1. The van der Waals surface area contributed by atoms with Crippen molar-refractivity contribution in [2.75, 3.05) is 15.8 Å². The molecule has 0 spiro atoms. The molecule has 0 bridgehead atoms. The number of fused-ring (bicyclic) bond motifs is 3. The third-order valence-electron chi connectivity index (χ3n) is 7.81. The monoisotopic (exact) mass is 576 g/mol. The highest BCUT2D eigenvalue weighted by molar-refractivity contribution is 7.93. The second-order valence-corrected chi connectivity index (χ2v) is 12.3. The molecule has 6 rings (SSSR count). The Labute approximate surface area is 247 Å². The van der Waals surface area contributed by atoms with E-state index >= 15 is 0 Å². The Morgan fingerprint density at radius 3 is 2.24 bits per heavy atom. The first kappa shape index (κ1) is 27.5. The Hall–Kier alpha value is -4.62. The summed E-state index contributed by atoms with van der Waals surface area (Å²) in [6.45, 7) is 3.98. The van der Waals surface area contributed by atoms with E-state index in [1.807, 2.05) is 67.6 Å². The molecule has 1 aliphatic heterocycles. The summed E-state index contributed by atoms with van der Waals surface area (Å²) in [5.41, 5.74) is 6.25. The largest absolute Gasteiger partial charge is 0.449 e. The van der Waals surface area contributed by atoms with E-state index in [0.717, 1.165) is 33.5 Å². The summed E-state index contributed by atoms with van der Waals surface area (Å²) in [6.07, 6.45) is 3.95. The van der Waals surface area contributed by atoms with Gasteiger partial charge in [-0.15, -0.1) is 0 Å². The molecule has 2 atom stereocenters. The second-order valence-electron chi connectivity index (χ2n) is 10.5. The van der Waals surface area contributed by atoms with Crippen LogP contribution in [-0.2, 0) is 14.8 Å². The zero-order valence-corrected chi connectivity index (χ0v) is 24.4. The summed E-state index contributed by atoms with van der Waals surface area (Å²) in [7, 11) is -3.96. The summed E-state index contributed by atoms with van der Waals surface area (Å²) in [4.78, 5) is 15.2. The van der Waals surface area contributed by atoms with E-state index in [2.05, 4.69) is 18.2 Å². The van der Waals surface area contributed by atoms with Crippen LogP contribution in [-0.4, -0.2) is 27.2 Å². The van der Waals surface area contributed by atoms with Crippen molar-refractivity contribution < 1.29 is 17.9 Å². The standard InChI is InChI=1S/C35H32N2O4S/c1-3-41-35(38)37-33-17-11-10-16-30(33)32-23-31(26-12-6-4-7-13-26)27(22-34(32)37)24-36(28-14-8-5-9-15-28)42(39,40)29-20-18-25(2)19-21-29/h4-21,23-24,31,34H,3,22H2,1-2H3/b27-24-/t31-,34+/m1/s1. The predicted octanol–water partition coefficient (Wildman–Crippen LogP) is 7.69. The maximum Gasteiger partial charge on any atom is 0.414 e. The molecule has 0 saturated carbocycles. The number of allylic oxidation sites excluding steroid dienone is 1. The van der Waals surface area contributed by atoms with Crippen LogP contribution in [0, 0.1) is 6.92 Å². The van der Waals surface area contributed by atoms with Crippen LogP contribution in [0.1, 0.15) is 36.0 Å². The number of ether oxygens (including phenoxy) is 1. The van der Waals surface area contributed by atoms with Gasteiger partial charge in [0.2, 0.25) is 0 Å². The highest BCUT2D eigenvalue weighted by Crippen LogP contribution is 2.49. The molecule has 0 unspecified atom stereocenters. The Morgan fingerprint density at radius 2 is 1.55 bits per heavy atom. The minimum absolute atomic E-state index is 0.202. The first-order valence-corrected chi connectivity index (χ1v) is 15.5. The Kier molecular flexibility index (Phi) is 7.43. The molecule has 0 radical (unpaired) electrons. The van der Waals surface area contributed by atoms with Crippen molar-refractivity contribution in [2.45, 2.75) is 37.1 Å². The zero-order chi connectivity index (χ0) is 29.3. The van der Waals surface area contributed by atoms with Gasteiger partial charge in [-0.05, 0) is 67.3 Å². The quantitative estimate of drug-likeness (QED) is 0.236. The third kappa shape index (κ3) is 5.01. The van der Waals surface area contributed by atoms with Gasteiger partial charge in [0.15, 0.2) is 0 Å². The van der Waals surface area contributed by atoms with Gasteiger partial charge in [-0.25, -0.2) is 17.5 Å². The van der Waals surface area contributed by atoms with E-state index in [4.69, 9.17) is 4.74 Å². The fourth-order valence-electron chi connectivity index (χ4n) is 5.81. The lowest BCUT2D eigenvalue weighted by Gasteiger charge is -2.33. The number of para-hydroxylation sites is 2. The van der Waals surface area contributed by atoms with E-state index < -0.39 is 16.1 Å². The highest BCUT2D eigenvalue weighted by atomic mass is 32.2. The van der Waals surface area contributed by atoms with Crippen LogP contribution in [0.15, 0.2) is 132 Å². The van der Waals surface area contributed by atoms with Crippen molar-refractivity contribution in [3.8, 4) is 0 Å². The zero-order valence-electron chi connectivity index (χ0n) is 23.6. The van der Waals surface area contributed by atoms with Crippen molar-refractivity contribution >= 4 is 33.1 Å². The highest BCUT2D eigenvalue weighted by Gasteiger charge is 2.43.